The average Bonchev–Trinajstić information content (AvgIpc) is 2.69. The molecule has 1 aliphatic rings. The first kappa shape index (κ1) is 16.5. The number of ether oxygens (including phenoxy) is 1. The summed E-state index contributed by atoms with van der Waals surface area (Å²) < 4.78 is 5.40. The van der Waals surface area contributed by atoms with Crippen LogP contribution >= 0.6 is 0 Å². The van der Waals surface area contributed by atoms with Crippen LogP contribution in [0.3, 0.4) is 0 Å². The van der Waals surface area contributed by atoms with Gasteiger partial charge < -0.3 is 15.0 Å². The number of carbonyl (C=O) groups excluding carboxylic acids is 1. The van der Waals surface area contributed by atoms with Gasteiger partial charge >= 0.3 is 0 Å². The second-order valence-electron chi connectivity index (χ2n) is 6.19. The van der Waals surface area contributed by atoms with Crippen molar-refractivity contribution in [1.82, 2.24) is 9.97 Å². The second kappa shape index (κ2) is 7.49. The van der Waals surface area contributed by atoms with Gasteiger partial charge in [-0.25, -0.2) is 4.98 Å². The van der Waals surface area contributed by atoms with Gasteiger partial charge in [-0.2, -0.15) is 0 Å². The molecule has 3 heterocycles. The van der Waals surface area contributed by atoms with E-state index in [4.69, 9.17) is 4.74 Å². The zero-order valence-corrected chi connectivity index (χ0v) is 14.4. The van der Waals surface area contributed by atoms with Gasteiger partial charge in [-0.15, -0.1) is 0 Å². The summed E-state index contributed by atoms with van der Waals surface area (Å²) in [6, 6.07) is 13.5. The molecule has 6 nitrogen and oxygen atoms in total. The summed E-state index contributed by atoms with van der Waals surface area (Å²) in [5, 5.41) is 4.04. The average molecular weight is 348 g/mol. The lowest BCUT2D eigenvalue weighted by Gasteiger charge is -2.29. The smallest absolute Gasteiger partial charge is 0.228 e. The van der Waals surface area contributed by atoms with Crippen molar-refractivity contribution in [1.29, 1.82) is 0 Å². The number of anilines is 2. The van der Waals surface area contributed by atoms with Crippen LogP contribution in [-0.2, 0) is 16.0 Å². The van der Waals surface area contributed by atoms with Gasteiger partial charge in [0.25, 0.3) is 0 Å². The molecule has 1 fully saturated rings. The molecule has 0 aliphatic carbocycles. The maximum absolute atomic E-state index is 12.7. The van der Waals surface area contributed by atoms with Crippen molar-refractivity contribution < 1.29 is 9.53 Å². The Bertz CT molecular complexity index is 917. The summed E-state index contributed by atoms with van der Waals surface area (Å²) in [5.74, 6) is 0.714. The maximum atomic E-state index is 12.7. The Hall–Kier alpha value is -2.99. The predicted octanol–water partition coefficient (Wildman–Crippen LogP) is 2.65. The fraction of sp³-hybridized carbons (Fsp3) is 0.250. The number of pyridine rings is 2. The molecule has 0 atom stereocenters. The predicted molar refractivity (Wildman–Crippen MR) is 101 cm³/mol. The molecule has 1 aromatic carbocycles. The number of amides is 1. The molecular weight excluding hydrogens is 328 g/mol. The molecule has 0 spiro atoms. The molecule has 26 heavy (non-hydrogen) atoms. The third kappa shape index (κ3) is 3.50. The first-order chi connectivity index (χ1) is 12.8. The molecule has 2 aromatic heterocycles. The molecular formula is C20H20N4O2. The molecule has 3 aromatic rings. The van der Waals surface area contributed by atoms with Gasteiger partial charge in [-0.05, 0) is 23.8 Å². The number of nitrogens with zero attached hydrogens (tertiary/aromatic N) is 3. The number of hydrogen-bond donors (Lipinski definition) is 1. The lowest BCUT2D eigenvalue weighted by atomic mass is 10.1. The van der Waals surface area contributed by atoms with Crippen molar-refractivity contribution in [2.24, 2.45) is 0 Å². The fourth-order valence-corrected chi connectivity index (χ4v) is 3.20. The zero-order chi connectivity index (χ0) is 17.8. The number of hydrogen-bond acceptors (Lipinski definition) is 5. The normalized spacial score (nSPS) is 14.4. The molecule has 4 rings (SSSR count). The first-order valence-corrected chi connectivity index (χ1v) is 8.71. The quantitative estimate of drug-likeness (QED) is 0.785. The third-order valence-electron chi connectivity index (χ3n) is 4.44. The van der Waals surface area contributed by atoms with E-state index in [1.54, 1.807) is 12.4 Å². The van der Waals surface area contributed by atoms with Crippen molar-refractivity contribution >= 4 is 28.3 Å². The fourth-order valence-electron chi connectivity index (χ4n) is 3.20. The zero-order valence-electron chi connectivity index (χ0n) is 14.4. The Kier molecular flexibility index (Phi) is 4.75. The van der Waals surface area contributed by atoms with Crippen LogP contribution in [0.15, 0.2) is 54.9 Å². The molecule has 1 amide bonds. The minimum Gasteiger partial charge on any atom is -0.378 e. The monoisotopic (exact) mass is 348 g/mol. The van der Waals surface area contributed by atoms with E-state index in [9.17, 15) is 4.79 Å². The Morgan fingerprint density at radius 3 is 2.69 bits per heavy atom. The maximum Gasteiger partial charge on any atom is 0.228 e. The molecule has 1 saturated heterocycles. The van der Waals surface area contributed by atoms with Crippen molar-refractivity contribution in [3.63, 3.8) is 0 Å². The number of para-hydroxylation sites is 1. The third-order valence-corrected chi connectivity index (χ3v) is 4.44. The van der Waals surface area contributed by atoms with Gasteiger partial charge in [0, 0.05) is 30.9 Å². The van der Waals surface area contributed by atoms with Crippen LogP contribution in [0, 0.1) is 0 Å². The molecule has 0 bridgehead atoms. The number of fused-ring (bicyclic) bond motifs is 1. The first-order valence-electron chi connectivity index (χ1n) is 8.71. The van der Waals surface area contributed by atoms with Crippen molar-refractivity contribution in [3.8, 4) is 0 Å². The van der Waals surface area contributed by atoms with Crippen molar-refractivity contribution in [2.45, 2.75) is 6.42 Å². The van der Waals surface area contributed by atoms with E-state index in [2.05, 4.69) is 20.2 Å². The Morgan fingerprint density at radius 1 is 1.04 bits per heavy atom. The van der Waals surface area contributed by atoms with Crippen LogP contribution in [0.1, 0.15) is 5.56 Å². The molecule has 0 radical (unpaired) electrons. The Labute approximate surface area is 151 Å². The van der Waals surface area contributed by atoms with Gasteiger partial charge in [0.2, 0.25) is 5.91 Å². The number of carbonyl (C=O) groups is 1. The van der Waals surface area contributed by atoms with Gasteiger partial charge in [-0.1, -0.05) is 24.3 Å². The van der Waals surface area contributed by atoms with E-state index in [1.165, 1.54) is 0 Å². The number of rotatable bonds is 4. The summed E-state index contributed by atoms with van der Waals surface area (Å²) in [7, 11) is 0. The highest BCUT2D eigenvalue weighted by molar-refractivity contribution is 5.97. The van der Waals surface area contributed by atoms with E-state index < -0.39 is 0 Å². The van der Waals surface area contributed by atoms with Gasteiger partial charge in [-0.3, -0.25) is 9.78 Å². The number of aromatic nitrogens is 2. The standard InChI is InChI=1S/C20H20N4O2/c25-18(14-16-5-1-4-15-6-2-8-21-19(15)16)23-17-7-3-9-22-20(17)24-10-12-26-13-11-24/h1-9H,10-14H2,(H,23,25). The largest absolute Gasteiger partial charge is 0.378 e. The van der Waals surface area contributed by atoms with Gasteiger partial charge in [0.1, 0.15) is 0 Å². The minimum absolute atomic E-state index is 0.0781. The van der Waals surface area contributed by atoms with E-state index in [1.807, 2.05) is 42.5 Å². The van der Waals surface area contributed by atoms with Gasteiger partial charge in [0.05, 0.1) is 30.8 Å². The Morgan fingerprint density at radius 2 is 1.81 bits per heavy atom. The lowest BCUT2D eigenvalue weighted by molar-refractivity contribution is -0.115. The highest BCUT2D eigenvalue weighted by Crippen LogP contribution is 2.24. The molecule has 1 N–H and O–H groups in total. The molecule has 1 aliphatic heterocycles. The van der Waals surface area contributed by atoms with E-state index in [0.29, 0.717) is 13.2 Å². The SMILES string of the molecule is O=C(Cc1cccc2cccnc12)Nc1cccnc1N1CCOCC1. The molecule has 0 saturated carbocycles. The van der Waals surface area contributed by atoms with E-state index >= 15 is 0 Å². The number of benzene rings is 1. The Balaban J connectivity index is 1.53. The summed E-state index contributed by atoms with van der Waals surface area (Å²) in [5.41, 5.74) is 2.51. The molecule has 132 valence electrons. The summed E-state index contributed by atoms with van der Waals surface area (Å²) in [6.45, 7) is 2.89. The summed E-state index contributed by atoms with van der Waals surface area (Å²) in [4.78, 5) is 23.7. The highest BCUT2D eigenvalue weighted by atomic mass is 16.5. The molecule has 0 unspecified atom stereocenters. The van der Waals surface area contributed by atoms with Crippen LogP contribution in [0.4, 0.5) is 11.5 Å². The van der Waals surface area contributed by atoms with Crippen LogP contribution in [0.25, 0.3) is 10.9 Å². The molecule has 6 heteroatoms. The summed E-state index contributed by atoms with van der Waals surface area (Å²) in [6.07, 6.45) is 3.77. The van der Waals surface area contributed by atoms with E-state index in [-0.39, 0.29) is 12.3 Å². The van der Waals surface area contributed by atoms with Crippen LogP contribution in [0.5, 0.6) is 0 Å². The van der Waals surface area contributed by atoms with Crippen LogP contribution in [-0.4, -0.2) is 42.2 Å². The lowest BCUT2D eigenvalue weighted by Crippen LogP contribution is -2.37. The minimum atomic E-state index is -0.0781. The second-order valence-corrected chi connectivity index (χ2v) is 6.19. The van der Waals surface area contributed by atoms with Crippen LogP contribution in [0.2, 0.25) is 0 Å². The number of morpholine rings is 1. The van der Waals surface area contributed by atoms with Gasteiger partial charge in [0.15, 0.2) is 5.82 Å². The van der Waals surface area contributed by atoms with E-state index in [0.717, 1.165) is 41.1 Å². The van der Waals surface area contributed by atoms with Crippen molar-refractivity contribution in [2.75, 3.05) is 36.5 Å². The van der Waals surface area contributed by atoms with Crippen molar-refractivity contribution in [3.05, 3.63) is 60.4 Å². The number of nitrogens with one attached hydrogen (secondary N) is 1. The topological polar surface area (TPSA) is 67.4 Å². The summed E-state index contributed by atoms with van der Waals surface area (Å²) >= 11 is 0. The van der Waals surface area contributed by atoms with Crippen LogP contribution < -0.4 is 10.2 Å². The highest BCUT2D eigenvalue weighted by Gasteiger charge is 2.17.